The second-order valence-electron chi connectivity index (χ2n) is 7.40. The minimum absolute atomic E-state index is 0.0137. The third-order valence-electron chi connectivity index (χ3n) is 5.18. The van der Waals surface area contributed by atoms with Crippen molar-refractivity contribution in [1.82, 2.24) is 24.7 Å². The number of hydrogen-bond acceptors (Lipinski definition) is 9. The van der Waals surface area contributed by atoms with Gasteiger partial charge in [-0.3, -0.25) is 4.57 Å². The van der Waals surface area contributed by atoms with Crippen LogP contribution in [0.25, 0.3) is 17.3 Å². The average Bonchev–Trinajstić information content (AvgIpc) is 3.49. The molecule has 3 heterocycles. The lowest BCUT2D eigenvalue weighted by atomic mass is 10.2. The number of sulfone groups is 1. The molecular formula is C22H22FN5O5S. The van der Waals surface area contributed by atoms with Gasteiger partial charge in [0.25, 0.3) is 0 Å². The van der Waals surface area contributed by atoms with Gasteiger partial charge in [0.1, 0.15) is 28.8 Å². The van der Waals surface area contributed by atoms with Gasteiger partial charge in [-0.2, -0.15) is 0 Å². The van der Waals surface area contributed by atoms with Crippen molar-refractivity contribution in [2.75, 3.05) is 14.2 Å². The Morgan fingerprint density at radius 3 is 2.32 bits per heavy atom. The molecule has 1 atom stereocenters. The summed E-state index contributed by atoms with van der Waals surface area (Å²) in [5.41, 5.74) is 0.434. The van der Waals surface area contributed by atoms with E-state index in [0.29, 0.717) is 22.9 Å². The van der Waals surface area contributed by atoms with Crippen LogP contribution < -0.4 is 9.47 Å². The van der Waals surface area contributed by atoms with Crippen molar-refractivity contribution < 1.29 is 26.7 Å². The number of ether oxygens (including phenoxy) is 2. The van der Waals surface area contributed by atoms with E-state index in [1.807, 2.05) is 0 Å². The lowest BCUT2D eigenvalue weighted by Gasteiger charge is -2.17. The molecule has 34 heavy (non-hydrogen) atoms. The van der Waals surface area contributed by atoms with Crippen LogP contribution in [0, 0.1) is 5.82 Å². The zero-order valence-corrected chi connectivity index (χ0v) is 19.5. The van der Waals surface area contributed by atoms with Crippen LogP contribution in [0.3, 0.4) is 0 Å². The molecule has 0 amide bonds. The van der Waals surface area contributed by atoms with Gasteiger partial charge in [-0.15, -0.1) is 10.2 Å². The van der Waals surface area contributed by atoms with Crippen molar-refractivity contribution in [1.29, 1.82) is 0 Å². The minimum Gasteiger partial charge on any atom is -0.494 e. The summed E-state index contributed by atoms with van der Waals surface area (Å²) in [7, 11) is -0.763. The number of furan rings is 1. The van der Waals surface area contributed by atoms with Gasteiger partial charge in [-0.25, -0.2) is 22.8 Å². The van der Waals surface area contributed by atoms with E-state index in [4.69, 9.17) is 13.9 Å². The molecule has 0 unspecified atom stereocenters. The quantitative estimate of drug-likeness (QED) is 0.350. The first-order valence-corrected chi connectivity index (χ1v) is 11.9. The number of aromatic nitrogens is 5. The molecule has 0 fully saturated rings. The van der Waals surface area contributed by atoms with Crippen LogP contribution in [0.5, 0.6) is 11.5 Å². The molecule has 1 aromatic carbocycles. The van der Waals surface area contributed by atoms with Gasteiger partial charge in [-0.1, -0.05) is 6.07 Å². The van der Waals surface area contributed by atoms with Crippen LogP contribution in [0.4, 0.5) is 4.39 Å². The van der Waals surface area contributed by atoms with Gasteiger partial charge in [0.05, 0.1) is 38.1 Å². The van der Waals surface area contributed by atoms with E-state index in [-0.39, 0.29) is 23.9 Å². The molecule has 0 saturated heterocycles. The molecule has 0 aliphatic heterocycles. The molecule has 0 aliphatic carbocycles. The second kappa shape index (κ2) is 9.59. The first-order valence-electron chi connectivity index (χ1n) is 10.2. The maximum Gasteiger partial charge on any atom is 0.204 e. The van der Waals surface area contributed by atoms with E-state index in [1.165, 1.54) is 20.5 Å². The highest BCUT2D eigenvalue weighted by atomic mass is 32.2. The topological polar surface area (TPSA) is 122 Å². The number of hydrogen-bond donors (Lipinski definition) is 0. The zero-order valence-electron chi connectivity index (χ0n) is 18.7. The van der Waals surface area contributed by atoms with Crippen LogP contribution in [0.2, 0.25) is 0 Å². The van der Waals surface area contributed by atoms with E-state index in [9.17, 15) is 12.8 Å². The third-order valence-corrected chi connectivity index (χ3v) is 7.24. The molecule has 0 aliphatic rings. The Morgan fingerprint density at radius 2 is 1.74 bits per heavy atom. The monoisotopic (exact) mass is 487 g/mol. The Kier molecular flexibility index (Phi) is 6.59. The van der Waals surface area contributed by atoms with Crippen LogP contribution in [0.1, 0.15) is 18.6 Å². The highest BCUT2D eigenvalue weighted by molar-refractivity contribution is 7.91. The molecule has 0 saturated carbocycles. The number of nitrogens with zero attached hydrogens (tertiary/aromatic N) is 5. The van der Waals surface area contributed by atoms with Crippen molar-refractivity contribution in [3.05, 3.63) is 66.5 Å². The van der Waals surface area contributed by atoms with Crippen molar-refractivity contribution in [3.63, 3.8) is 0 Å². The molecular weight excluding hydrogens is 465 g/mol. The summed E-state index contributed by atoms with van der Waals surface area (Å²) >= 11 is 0. The number of rotatable bonds is 9. The van der Waals surface area contributed by atoms with Crippen LogP contribution >= 0.6 is 0 Å². The zero-order chi connectivity index (χ0) is 24.3. The first kappa shape index (κ1) is 23.4. The van der Waals surface area contributed by atoms with E-state index in [0.717, 1.165) is 12.4 Å². The average molecular weight is 488 g/mol. The maximum atomic E-state index is 13.3. The molecule has 10 nitrogen and oxygen atoms in total. The summed E-state index contributed by atoms with van der Waals surface area (Å²) in [5.74, 6) is 0.858. The fraction of sp³-hybridized carbons (Fsp3) is 0.273. The van der Waals surface area contributed by atoms with Crippen molar-refractivity contribution in [3.8, 4) is 28.8 Å². The van der Waals surface area contributed by atoms with Crippen molar-refractivity contribution >= 4 is 9.84 Å². The Balaban J connectivity index is 1.77. The molecule has 0 spiro atoms. The van der Waals surface area contributed by atoms with Gasteiger partial charge in [-0.05, 0) is 31.2 Å². The Bertz CT molecular complexity index is 1350. The Hall–Kier alpha value is -3.80. The summed E-state index contributed by atoms with van der Waals surface area (Å²) in [6.07, 6.45) is 3.50. The predicted molar refractivity (Wildman–Crippen MR) is 120 cm³/mol. The molecule has 0 bridgehead atoms. The standard InChI is InChI=1S/C22H22FN5O5S/c1-14(10-19-24-11-15(23)12-25-19)34(29,30)13-20-26-27-22(18-8-5-9-33-18)28(20)21-16(31-2)6-4-7-17(21)32-3/h4-9,11-12,14H,10,13H2,1-3H3/t14-/m0/s1. The lowest BCUT2D eigenvalue weighted by molar-refractivity contribution is 0.390. The van der Waals surface area contributed by atoms with E-state index in [2.05, 4.69) is 20.2 Å². The van der Waals surface area contributed by atoms with E-state index >= 15 is 0 Å². The van der Waals surface area contributed by atoms with Gasteiger partial charge in [0.2, 0.25) is 5.82 Å². The minimum atomic E-state index is -3.76. The number of para-hydroxylation sites is 1. The normalized spacial score (nSPS) is 12.5. The Labute approximate surface area is 195 Å². The maximum absolute atomic E-state index is 13.3. The molecule has 3 aromatic heterocycles. The summed E-state index contributed by atoms with van der Waals surface area (Å²) in [4.78, 5) is 7.72. The fourth-order valence-corrected chi connectivity index (χ4v) is 4.65. The lowest BCUT2D eigenvalue weighted by Crippen LogP contribution is -2.24. The van der Waals surface area contributed by atoms with Gasteiger partial charge < -0.3 is 13.9 Å². The van der Waals surface area contributed by atoms with Gasteiger partial charge >= 0.3 is 0 Å². The molecule has 4 rings (SSSR count). The SMILES string of the molecule is COc1cccc(OC)c1-n1c(CS(=O)(=O)[C@@H](C)Cc2ncc(F)cn2)nnc1-c1ccco1. The van der Waals surface area contributed by atoms with Crippen molar-refractivity contribution in [2.45, 2.75) is 24.3 Å². The van der Waals surface area contributed by atoms with Crippen LogP contribution in [-0.4, -0.2) is 52.6 Å². The summed E-state index contributed by atoms with van der Waals surface area (Å²) in [5, 5.41) is 7.50. The molecule has 178 valence electrons. The highest BCUT2D eigenvalue weighted by Crippen LogP contribution is 2.36. The Morgan fingerprint density at radius 1 is 1.06 bits per heavy atom. The highest BCUT2D eigenvalue weighted by Gasteiger charge is 2.29. The fourth-order valence-electron chi connectivity index (χ4n) is 3.41. The van der Waals surface area contributed by atoms with Crippen LogP contribution in [0.15, 0.2) is 53.4 Å². The smallest absolute Gasteiger partial charge is 0.204 e. The summed E-state index contributed by atoms with van der Waals surface area (Å²) < 4.78 is 57.7. The summed E-state index contributed by atoms with van der Waals surface area (Å²) in [6.45, 7) is 1.54. The largest absolute Gasteiger partial charge is 0.494 e. The van der Waals surface area contributed by atoms with Crippen molar-refractivity contribution in [2.24, 2.45) is 0 Å². The number of methoxy groups -OCH3 is 2. The van der Waals surface area contributed by atoms with Gasteiger partial charge in [0.15, 0.2) is 27.2 Å². The molecule has 4 aromatic rings. The number of halogens is 1. The van der Waals surface area contributed by atoms with Crippen LogP contribution in [-0.2, 0) is 22.0 Å². The van der Waals surface area contributed by atoms with Gasteiger partial charge in [0, 0.05) is 6.42 Å². The molecule has 12 heteroatoms. The predicted octanol–water partition coefficient (Wildman–Crippen LogP) is 3.02. The third kappa shape index (κ3) is 4.62. The number of benzene rings is 1. The van der Waals surface area contributed by atoms with E-state index < -0.39 is 26.7 Å². The molecule has 0 radical (unpaired) electrons. The summed E-state index contributed by atoms with van der Waals surface area (Å²) in [6, 6.07) is 8.57. The first-order chi connectivity index (χ1) is 16.3. The molecule has 0 N–H and O–H groups in total. The second-order valence-corrected chi connectivity index (χ2v) is 9.82. The van der Waals surface area contributed by atoms with E-state index in [1.54, 1.807) is 41.8 Å².